The minimum atomic E-state index is -1.72. The molecule has 0 N–H and O–H groups in total. The second kappa shape index (κ2) is 6.62. The van der Waals surface area contributed by atoms with Gasteiger partial charge >= 0.3 is 14.8 Å². The Balaban J connectivity index is 3.77. The summed E-state index contributed by atoms with van der Waals surface area (Å²) >= 11 is -1.72. The van der Waals surface area contributed by atoms with Crippen LogP contribution in [0.4, 0.5) is 0 Å². The molecule has 0 unspecified atom stereocenters. The third-order valence-electron chi connectivity index (χ3n) is 1.14. The van der Waals surface area contributed by atoms with Gasteiger partial charge in [-0.3, -0.25) is 0 Å². The number of hydrogen-bond donors (Lipinski definition) is 0. The molecule has 0 saturated heterocycles. The molecular formula is C8H17AlO3. The second-order valence-electron chi connectivity index (χ2n) is 3.20. The number of hydrogen-bond acceptors (Lipinski definition) is 3. The number of rotatable bonds is 6. The van der Waals surface area contributed by atoms with E-state index in [0.717, 1.165) is 6.29 Å². The quantitative estimate of drug-likeness (QED) is 0.468. The molecule has 0 atom stereocenters. The maximum atomic E-state index is 10.3. The van der Waals surface area contributed by atoms with Crippen molar-refractivity contribution < 1.29 is 12.4 Å². The van der Waals surface area contributed by atoms with Gasteiger partial charge in [-0.1, -0.05) is 0 Å². The molecule has 0 aliphatic heterocycles. The highest BCUT2D eigenvalue weighted by Gasteiger charge is 2.26. The zero-order chi connectivity index (χ0) is 9.56. The predicted molar refractivity (Wildman–Crippen MR) is 49.1 cm³/mol. The van der Waals surface area contributed by atoms with Crippen molar-refractivity contribution >= 4 is 21.1 Å². The van der Waals surface area contributed by atoms with Gasteiger partial charge in [-0.25, -0.2) is 0 Å². The summed E-state index contributed by atoms with van der Waals surface area (Å²) in [5, 5.41) is 0.441. The first-order valence-electron chi connectivity index (χ1n) is 4.30. The molecule has 0 heterocycles. The molecular weight excluding hydrogens is 171 g/mol. The van der Waals surface area contributed by atoms with Crippen LogP contribution in [-0.2, 0) is 12.4 Å². The predicted octanol–water partition coefficient (Wildman–Crippen LogP) is 1.52. The van der Waals surface area contributed by atoms with Crippen LogP contribution in [0.1, 0.15) is 27.7 Å². The largest absolute Gasteiger partial charge is 0.682 e. The van der Waals surface area contributed by atoms with E-state index in [2.05, 4.69) is 0 Å². The van der Waals surface area contributed by atoms with Crippen molar-refractivity contribution in [1.29, 1.82) is 0 Å². The maximum absolute atomic E-state index is 10.3. The van der Waals surface area contributed by atoms with Crippen LogP contribution in [0.25, 0.3) is 0 Å². The molecule has 0 aliphatic rings. The number of carbonyl (C=O) groups excluding carboxylic acids is 1. The zero-order valence-electron chi connectivity index (χ0n) is 8.24. The maximum Gasteiger partial charge on any atom is 0.682 e. The molecule has 0 aromatic heterocycles. The lowest BCUT2D eigenvalue weighted by atomic mass is 10.5. The van der Waals surface area contributed by atoms with E-state index >= 15 is 0 Å². The highest BCUT2D eigenvalue weighted by atomic mass is 27.2. The van der Waals surface area contributed by atoms with E-state index in [1.165, 1.54) is 0 Å². The average Bonchev–Trinajstić information content (AvgIpc) is 1.84. The molecule has 4 heteroatoms. The molecule has 0 aliphatic carbocycles. The smallest absolute Gasteiger partial charge is 0.476 e. The van der Waals surface area contributed by atoms with E-state index in [9.17, 15) is 4.79 Å². The number of carbonyl (C=O) groups is 1. The van der Waals surface area contributed by atoms with Gasteiger partial charge in [0, 0.05) is 17.5 Å². The molecule has 0 aromatic carbocycles. The lowest BCUT2D eigenvalue weighted by molar-refractivity contribution is -0.106. The summed E-state index contributed by atoms with van der Waals surface area (Å²) < 4.78 is 11.0. The molecule has 12 heavy (non-hydrogen) atoms. The van der Waals surface area contributed by atoms with E-state index < -0.39 is 14.8 Å². The Labute approximate surface area is 79.1 Å². The average molecular weight is 188 g/mol. The van der Waals surface area contributed by atoms with Gasteiger partial charge in [-0.15, -0.1) is 0 Å². The minimum Gasteiger partial charge on any atom is -0.476 e. The summed E-state index contributed by atoms with van der Waals surface area (Å²) in [6.07, 6.45) is 1.18. The van der Waals surface area contributed by atoms with Crippen LogP contribution < -0.4 is 0 Å². The zero-order valence-corrected chi connectivity index (χ0v) is 9.40. The van der Waals surface area contributed by atoms with Crippen LogP contribution >= 0.6 is 0 Å². The van der Waals surface area contributed by atoms with E-state index in [-0.39, 0.29) is 12.2 Å². The molecule has 0 fully saturated rings. The highest BCUT2D eigenvalue weighted by Crippen LogP contribution is 2.02. The van der Waals surface area contributed by atoms with Gasteiger partial charge in [0.2, 0.25) is 0 Å². The molecule has 0 rings (SSSR count). The summed E-state index contributed by atoms with van der Waals surface area (Å²) in [5.41, 5.74) is 0. The van der Waals surface area contributed by atoms with Gasteiger partial charge in [0.1, 0.15) is 6.29 Å². The first kappa shape index (κ1) is 12.1. The molecule has 0 saturated carbocycles. The summed E-state index contributed by atoms with van der Waals surface area (Å²) in [5.74, 6) is 0. The molecule has 70 valence electrons. The summed E-state index contributed by atoms with van der Waals surface area (Å²) in [6, 6.07) is 0. The lowest BCUT2D eigenvalue weighted by Crippen LogP contribution is -2.29. The number of aldehydes is 1. The van der Waals surface area contributed by atoms with E-state index in [1.54, 1.807) is 0 Å². The normalized spacial score (nSPS) is 10.8. The van der Waals surface area contributed by atoms with Crippen molar-refractivity contribution in [3.63, 3.8) is 0 Å². The molecule has 0 aromatic rings. The Morgan fingerprint density at radius 1 is 1.17 bits per heavy atom. The van der Waals surface area contributed by atoms with Crippen molar-refractivity contribution in [2.24, 2.45) is 0 Å². The topological polar surface area (TPSA) is 35.5 Å². The Bertz CT molecular complexity index is 115. The van der Waals surface area contributed by atoms with Gasteiger partial charge in [0.05, 0.1) is 0 Å². The Hall–Kier alpha value is 0.122. The van der Waals surface area contributed by atoms with Crippen molar-refractivity contribution in [3.8, 4) is 0 Å². The van der Waals surface area contributed by atoms with Gasteiger partial charge in [0.15, 0.2) is 0 Å². The highest BCUT2D eigenvalue weighted by molar-refractivity contribution is 6.48. The van der Waals surface area contributed by atoms with Crippen molar-refractivity contribution in [2.75, 3.05) is 0 Å². The van der Waals surface area contributed by atoms with Crippen LogP contribution in [0.15, 0.2) is 0 Å². The van der Waals surface area contributed by atoms with Crippen LogP contribution in [0, 0.1) is 0 Å². The van der Waals surface area contributed by atoms with Gasteiger partial charge < -0.3 is 12.4 Å². The second-order valence-corrected chi connectivity index (χ2v) is 5.08. The fraction of sp³-hybridized carbons (Fsp3) is 0.875. The molecule has 0 spiro atoms. The van der Waals surface area contributed by atoms with E-state index in [0.29, 0.717) is 5.28 Å². The standard InChI is InChI=1S/2C3H7O.C2H3O.Al/c2*1-3(2)4;1-2-3;/h2*3H,1-2H3;2H,1H2;/q2*-1;;+2. The summed E-state index contributed by atoms with van der Waals surface area (Å²) in [4.78, 5) is 10.3. The first-order valence-corrected chi connectivity index (χ1v) is 6.06. The third-order valence-corrected chi connectivity index (χ3v) is 3.41. The van der Waals surface area contributed by atoms with E-state index in [4.69, 9.17) is 7.58 Å². The van der Waals surface area contributed by atoms with Crippen LogP contribution in [0.5, 0.6) is 0 Å². The fourth-order valence-corrected chi connectivity index (χ4v) is 2.49. The van der Waals surface area contributed by atoms with Gasteiger partial charge in [-0.05, 0) is 27.7 Å². The van der Waals surface area contributed by atoms with Crippen molar-refractivity contribution in [3.05, 3.63) is 0 Å². The van der Waals surface area contributed by atoms with Crippen molar-refractivity contribution in [1.82, 2.24) is 0 Å². The summed E-state index contributed by atoms with van der Waals surface area (Å²) in [6.45, 7) is 7.81. The SMILES string of the molecule is CC(C)[O][Al]([CH2]C=O)[O]C(C)C. The Morgan fingerprint density at radius 3 is 1.83 bits per heavy atom. The van der Waals surface area contributed by atoms with Crippen LogP contribution in [0.3, 0.4) is 0 Å². The molecule has 0 amide bonds. The van der Waals surface area contributed by atoms with Crippen LogP contribution in [-0.4, -0.2) is 33.3 Å². The van der Waals surface area contributed by atoms with Gasteiger partial charge in [0.25, 0.3) is 0 Å². The minimum absolute atomic E-state index is 0.153. The van der Waals surface area contributed by atoms with Crippen LogP contribution in [0.2, 0.25) is 5.28 Å². The Morgan fingerprint density at radius 2 is 1.58 bits per heavy atom. The van der Waals surface area contributed by atoms with Crippen molar-refractivity contribution in [2.45, 2.75) is 45.2 Å². The molecule has 0 bridgehead atoms. The fourth-order valence-electron chi connectivity index (χ4n) is 0.829. The van der Waals surface area contributed by atoms with E-state index in [1.807, 2.05) is 27.7 Å². The Kier molecular flexibility index (Phi) is 6.69. The first-order chi connectivity index (χ1) is 5.56. The summed E-state index contributed by atoms with van der Waals surface area (Å²) in [7, 11) is 0. The monoisotopic (exact) mass is 188 g/mol. The molecule has 0 radical (unpaired) electrons. The lowest BCUT2D eigenvalue weighted by Gasteiger charge is -2.16. The third kappa shape index (κ3) is 6.81. The van der Waals surface area contributed by atoms with Gasteiger partial charge in [-0.2, -0.15) is 0 Å². The molecule has 3 nitrogen and oxygen atoms in total.